The largest absolute Gasteiger partial charge is 0.501 e. The smallest absolute Gasteiger partial charge is 0.0958 e. The van der Waals surface area contributed by atoms with E-state index in [4.69, 9.17) is 4.74 Å². The summed E-state index contributed by atoms with van der Waals surface area (Å²) in [7, 11) is 1.69. The van der Waals surface area contributed by atoms with E-state index in [9.17, 15) is 0 Å². The van der Waals surface area contributed by atoms with E-state index >= 15 is 0 Å². The van der Waals surface area contributed by atoms with E-state index in [-0.39, 0.29) is 0 Å². The minimum absolute atomic E-state index is 0.339. The fraction of sp³-hybridized carbons (Fsp3) is 0.385. The maximum atomic E-state index is 5.22. The molecular formula is C13H18O. The molecule has 0 N–H and O–H groups in total. The Hall–Kier alpha value is -1.24. The lowest BCUT2D eigenvalue weighted by atomic mass is 9.93. The van der Waals surface area contributed by atoms with Crippen LogP contribution >= 0.6 is 0 Å². The number of allylic oxidation sites excluding steroid dienone is 1. The molecular weight excluding hydrogens is 172 g/mol. The van der Waals surface area contributed by atoms with Crippen molar-refractivity contribution in [1.29, 1.82) is 0 Å². The molecule has 0 fully saturated rings. The van der Waals surface area contributed by atoms with Crippen LogP contribution in [0.1, 0.15) is 31.2 Å². The second-order valence-corrected chi connectivity index (χ2v) is 3.42. The normalized spacial score (nSPS) is 12.1. The molecule has 1 atom stereocenters. The molecule has 0 aliphatic carbocycles. The van der Waals surface area contributed by atoms with Gasteiger partial charge in [0.1, 0.15) is 0 Å². The summed E-state index contributed by atoms with van der Waals surface area (Å²) in [5.74, 6) is 1.20. The van der Waals surface area contributed by atoms with Gasteiger partial charge in [0.25, 0.3) is 0 Å². The van der Waals surface area contributed by atoms with Crippen LogP contribution in [0.4, 0.5) is 0 Å². The molecule has 0 heterocycles. The Labute approximate surface area is 86.4 Å². The minimum atomic E-state index is 0.339. The molecule has 1 unspecified atom stereocenters. The summed E-state index contributed by atoms with van der Waals surface area (Å²) in [4.78, 5) is 0. The van der Waals surface area contributed by atoms with Crippen molar-refractivity contribution in [2.45, 2.75) is 25.7 Å². The van der Waals surface area contributed by atoms with Crippen molar-refractivity contribution in [2.75, 3.05) is 7.11 Å². The Morgan fingerprint density at radius 3 is 2.50 bits per heavy atom. The maximum absolute atomic E-state index is 5.22. The highest BCUT2D eigenvalue weighted by atomic mass is 16.5. The van der Waals surface area contributed by atoms with E-state index in [0.29, 0.717) is 5.92 Å². The third-order valence-corrected chi connectivity index (χ3v) is 2.43. The summed E-state index contributed by atoms with van der Waals surface area (Å²) < 4.78 is 5.22. The van der Waals surface area contributed by atoms with Crippen LogP contribution in [0.2, 0.25) is 0 Å². The topological polar surface area (TPSA) is 9.23 Å². The average molecular weight is 190 g/mol. The van der Waals surface area contributed by atoms with Crippen molar-refractivity contribution in [3.8, 4) is 0 Å². The lowest BCUT2D eigenvalue weighted by molar-refractivity contribution is 0.262. The van der Waals surface area contributed by atoms with E-state index in [1.54, 1.807) is 7.11 Å². The van der Waals surface area contributed by atoms with E-state index in [0.717, 1.165) is 18.6 Å². The number of ether oxygens (including phenoxy) is 1. The zero-order valence-electron chi connectivity index (χ0n) is 8.99. The van der Waals surface area contributed by atoms with Crippen molar-refractivity contribution in [1.82, 2.24) is 0 Å². The SMILES string of the molecule is C=C(OC)C(CCC)c1ccccc1. The van der Waals surface area contributed by atoms with Crippen molar-refractivity contribution >= 4 is 0 Å². The lowest BCUT2D eigenvalue weighted by Gasteiger charge is -2.18. The first-order valence-electron chi connectivity index (χ1n) is 5.07. The molecule has 0 aliphatic heterocycles. The van der Waals surface area contributed by atoms with Gasteiger partial charge in [-0.15, -0.1) is 0 Å². The molecule has 0 saturated carbocycles. The first-order valence-corrected chi connectivity index (χ1v) is 5.07. The van der Waals surface area contributed by atoms with Gasteiger partial charge in [0.15, 0.2) is 0 Å². The van der Waals surface area contributed by atoms with Gasteiger partial charge >= 0.3 is 0 Å². The summed E-state index contributed by atoms with van der Waals surface area (Å²) in [6, 6.07) is 10.4. The zero-order chi connectivity index (χ0) is 10.4. The van der Waals surface area contributed by atoms with Crippen LogP contribution < -0.4 is 0 Å². The van der Waals surface area contributed by atoms with Crippen LogP contribution in [-0.4, -0.2) is 7.11 Å². The van der Waals surface area contributed by atoms with Crippen LogP contribution in [0.5, 0.6) is 0 Å². The fourth-order valence-electron chi connectivity index (χ4n) is 1.63. The Kier molecular flexibility index (Phi) is 4.24. The predicted octanol–water partition coefficient (Wildman–Crippen LogP) is 3.73. The van der Waals surface area contributed by atoms with Crippen molar-refractivity contribution in [3.63, 3.8) is 0 Å². The standard InChI is InChI=1S/C13H18O/c1-4-8-13(11(2)14-3)12-9-6-5-7-10-12/h5-7,9-10,13H,2,4,8H2,1,3H3. The summed E-state index contributed by atoms with van der Waals surface area (Å²) in [6.07, 6.45) is 2.23. The number of rotatable bonds is 5. The Morgan fingerprint density at radius 2 is 2.00 bits per heavy atom. The van der Waals surface area contributed by atoms with Gasteiger partial charge in [-0.1, -0.05) is 50.3 Å². The summed E-state index contributed by atoms with van der Waals surface area (Å²) in [5.41, 5.74) is 1.29. The van der Waals surface area contributed by atoms with Crippen LogP contribution in [0, 0.1) is 0 Å². The quantitative estimate of drug-likeness (QED) is 0.643. The third-order valence-electron chi connectivity index (χ3n) is 2.43. The molecule has 1 nitrogen and oxygen atoms in total. The highest BCUT2D eigenvalue weighted by Gasteiger charge is 2.13. The first kappa shape index (κ1) is 10.8. The van der Waals surface area contributed by atoms with Gasteiger partial charge in [-0.05, 0) is 12.0 Å². The van der Waals surface area contributed by atoms with Gasteiger partial charge in [-0.2, -0.15) is 0 Å². The Bertz CT molecular complexity index is 277. The second kappa shape index (κ2) is 5.48. The highest BCUT2D eigenvalue weighted by Crippen LogP contribution is 2.27. The number of hydrogen-bond donors (Lipinski definition) is 0. The zero-order valence-corrected chi connectivity index (χ0v) is 8.99. The van der Waals surface area contributed by atoms with Gasteiger partial charge in [0, 0.05) is 5.92 Å². The molecule has 0 bridgehead atoms. The van der Waals surface area contributed by atoms with Gasteiger partial charge in [0.05, 0.1) is 12.9 Å². The summed E-state index contributed by atoms with van der Waals surface area (Å²) >= 11 is 0. The molecule has 1 heteroatoms. The van der Waals surface area contributed by atoms with Gasteiger partial charge in [-0.25, -0.2) is 0 Å². The van der Waals surface area contributed by atoms with Gasteiger partial charge < -0.3 is 4.74 Å². The molecule has 0 spiro atoms. The molecule has 1 rings (SSSR count). The van der Waals surface area contributed by atoms with E-state index < -0.39 is 0 Å². The second-order valence-electron chi connectivity index (χ2n) is 3.42. The molecule has 0 saturated heterocycles. The summed E-state index contributed by atoms with van der Waals surface area (Å²) in [6.45, 7) is 6.13. The Morgan fingerprint density at radius 1 is 1.36 bits per heavy atom. The number of hydrogen-bond acceptors (Lipinski definition) is 1. The van der Waals surface area contributed by atoms with Crippen LogP contribution in [0.15, 0.2) is 42.7 Å². The van der Waals surface area contributed by atoms with Crippen molar-refractivity contribution in [2.24, 2.45) is 0 Å². The predicted molar refractivity (Wildman–Crippen MR) is 60.2 cm³/mol. The number of benzene rings is 1. The highest BCUT2D eigenvalue weighted by molar-refractivity contribution is 5.25. The van der Waals surface area contributed by atoms with E-state index in [1.807, 2.05) is 6.07 Å². The van der Waals surface area contributed by atoms with Crippen molar-refractivity contribution in [3.05, 3.63) is 48.2 Å². The monoisotopic (exact) mass is 190 g/mol. The lowest BCUT2D eigenvalue weighted by Crippen LogP contribution is -2.03. The van der Waals surface area contributed by atoms with E-state index in [1.165, 1.54) is 5.56 Å². The van der Waals surface area contributed by atoms with E-state index in [2.05, 4.69) is 37.8 Å². The van der Waals surface area contributed by atoms with Gasteiger partial charge in [0.2, 0.25) is 0 Å². The Balaban J connectivity index is 2.83. The molecule has 0 aliphatic rings. The first-order chi connectivity index (χ1) is 6.79. The molecule has 14 heavy (non-hydrogen) atoms. The molecule has 76 valence electrons. The molecule has 0 amide bonds. The van der Waals surface area contributed by atoms with Crippen LogP contribution in [0.25, 0.3) is 0 Å². The minimum Gasteiger partial charge on any atom is -0.501 e. The average Bonchev–Trinajstić information content (AvgIpc) is 2.26. The number of methoxy groups -OCH3 is 1. The molecule has 0 aromatic heterocycles. The van der Waals surface area contributed by atoms with Crippen LogP contribution in [0.3, 0.4) is 0 Å². The third kappa shape index (κ3) is 2.63. The van der Waals surface area contributed by atoms with Crippen molar-refractivity contribution < 1.29 is 4.74 Å². The van der Waals surface area contributed by atoms with Crippen LogP contribution in [-0.2, 0) is 4.74 Å². The molecule has 1 aromatic rings. The van der Waals surface area contributed by atoms with Gasteiger partial charge in [-0.3, -0.25) is 0 Å². The fourth-order valence-corrected chi connectivity index (χ4v) is 1.63. The maximum Gasteiger partial charge on any atom is 0.0958 e. The summed E-state index contributed by atoms with van der Waals surface area (Å²) in [5, 5.41) is 0. The molecule has 0 radical (unpaired) electrons. The molecule has 1 aromatic carbocycles.